The Hall–Kier alpha value is -2.56. The smallest absolute Gasteiger partial charge is 0.255 e. The van der Waals surface area contributed by atoms with Crippen molar-refractivity contribution in [2.45, 2.75) is 45.3 Å². The zero-order valence-electron chi connectivity index (χ0n) is 14.0. The second-order valence-corrected chi connectivity index (χ2v) is 6.20. The summed E-state index contributed by atoms with van der Waals surface area (Å²) in [5, 5.41) is 2.87. The van der Waals surface area contributed by atoms with Crippen LogP contribution in [0.5, 0.6) is 11.6 Å². The topological polar surface area (TPSA) is 60.5 Å². The van der Waals surface area contributed by atoms with Crippen molar-refractivity contribution in [1.82, 2.24) is 4.98 Å². The van der Waals surface area contributed by atoms with Gasteiger partial charge in [0.15, 0.2) is 0 Å². The molecule has 1 aliphatic rings. The molecule has 3 rings (SSSR count). The lowest BCUT2D eigenvalue weighted by atomic mass is 9.96. The average molecular weight is 326 g/mol. The quantitative estimate of drug-likeness (QED) is 0.870. The normalized spacial score (nSPS) is 14.1. The van der Waals surface area contributed by atoms with E-state index in [9.17, 15) is 4.79 Å². The van der Waals surface area contributed by atoms with Gasteiger partial charge in [0.25, 0.3) is 5.91 Å². The highest BCUT2D eigenvalue weighted by molar-refractivity contribution is 6.04. The van der Waals surface area contributed by atoms with E-state index in [-0.39, 0.29) is 18.1 Å². The Balaban J connectivity index is 1.62. The molecule has 0 spiro atoms. The van der Waals surface area contributed by atoms with Gasteiger partial charge in [-0.15, -0.1) is 0 Å². The van der Waals surface area contributed by atoms with Crippen LogP contribution in [-0.2, 0) is 0 Å². The number of carbonyl (C=O) groups is 1. The first kappa shape index (κ1) is 16.3. The van der Waals surface area contributed by atoms with Gasteiger partial charge >= 0.3 is 0 Å². The SMILES string of the molecule is CC(C)Oc1ccc(NC(=O)c2ccnc(OC3CCC3)c2)cc1. The molecular formula is C19H22N2O3. The van der Waals surface area contributed by atoms with Crippen molar-refractivity contribution in [1.29, 1.82) is 0 Å². The number of amides is 1. The number of rotatable bonds is 6. The number of ether oxygens (including phenoxy) is 2. The second-order valence-electron chi connectivity index (χ2n) is 6.20. The average Bonchev–Trinajstić information content (AvgIpc) is 2.53. The summed E-state index contributed by atoms with van der Waals surface area (Å²) < 4.78 is 11.3. The molecule has 0 saturated heterocycles. The Morgan fingerprint density at radius 2 is 1.96 bits per heavy atom. The van der Waals surface area contributed by atoms with Crippen LogP contribution < -0.4 is 14.8 Å². The molecular weight excluding hydrogens is 304 g/mol. The van der Waals surface area contributed by atoms with E-state index in [0.717, 1.165) is 24.3 Å². The van der Waals surface area contributed by atoms with Gasteiger partial charge in [-0.3, -0.25) is 4.79 Å². The molecule has 1 saturated carbocycles. The molecule has 1 fully saturated rings. The fraction of sp³-hybridized carbons (Fsp3) is 0.368. The predicted molar refractivity (Wildman–Crippen MR) is 92.7 cm³/mol. The molecule has 0 bridgehead atoms. The number of nitrogens with zero attached hydrogens (tertiary/aromatic N) is 1. The van der Waals surface area contributed by atoms with Crippen molar-refractivity contribution in [2.75, 3.05) is 5.32 Å². The van der Waals surface area contributed by atoms with E-state index in [4.69, 9.17) is 9.47 Å². The minimum Gasteiger partial charge on any atom is -0.491 e. The number of benzene rings is 1. The molecule has 5 heteroatoms. The number of pyridine rings is 1. The van der Waals surface area contributed by atoms with Gasteiger partial charge in [0, 0.05) is 23.5 Å². The van der Waals surface area contributed by atoms with E-state index in [1.165, 1.54) is 6.42 Å². The minimum atomic E-state index is -0.187. The molecule has 5 nitrogen and oxygen atoms in total. The first-order chi connectivity index (χ1) is 11.6. The molecule has 1 aliphatic carbocycles. The Morgan fingerprint density at radius 1 is 1.21 bits per heavy atom. The monoisotopic (exact) mass is 326 g/mol. The van der Waals surface area contributed by atoms with Gasteiger partial charge < -0.3 is 14.8 Å². The van der Waals surface area contributed by atoms with Crippen molar-refractivity contribution in [3.8, 4) is 11.6 Å². The Labute approximate surface area is 142 Å². The molecule has 2 aromatic rings. The number of hydrogen-bond acceptors (Lipinski definition) is 4. The summed E-state index contributed by atoms with van der Waals surface area (Å²) in [7, 11) is 0. The van der Waals surface area contributed by atoms with Gasteiger partial charge in [-0.2, -0.15) is 0 Å². The fourth-order valence-corrected chi connectivity index (χ4v) is 2.37. The van der Waals surface area contributed by atoms with Gasteiger partial charge in [-0.05, 0) is 63.4 Å². The molecule has 1 aromatic carbocycles. The van der Waals surface area contributed by atoms with E-state index >= 15 is 0 Å². The van der Waals surface area contributed by atoms with Crippen molar-refractivity contribution in [2.24, 2.45) is 0 Å². The van der Waals surface area contributed by atoms with Gasteiger partial charge in [0.05, 0.1) is 6.10 Å². The van der Waals surface area contributed by atoms with Crippen LogP contribution in [0, 0.1) is 0 Å². The van der Waals surface area contributed by atoms with Gasteiger partial charge in [-0.1, -0.05) is 0 Å². The zero-order valence-corrected chi connectivity index (χ0v) is 14.0. The highest BCUT2D eigenvalue weighted by Gasteiger charge is 2.20. The highest BCUT2D eigenvalue weighted by atomic mass is 16.5. The third kappa shape index (κ3) is 4.25. The van der Waals surface area contributed by atoms with Gasteiger partial charge in [-0.25, -0.2) is 4.98 Å². The fourth-order valence-electron chi connectivity index (χ4n) is 2.37. The lowest BCUT2D eigenvalue weighted by Gasteiger charge is -2.25. The van der Waals surface area contributed by atoms with Crippen molar-refractivity contribution >= 4 is 11.6 Å². The summed E-state index contributed by atoms with van der Waals surface area (Å²) in [5.74, 6) is 1.10. The standard InChI is InChI=1S/C19H22N2O3/c1-13(2)23-17-8-6-15(7-9-17)21-19(22)14-10-11-20-18(12-14)24-16-4-3-5-16/h6-13,16H,3-5H2,1-2H3,(H,21,22). The maximum Gasteiger partial charge on any atom is 0.255 e. The molecule has 24 heavy (non-hydrogen) atoms. The van der Waals surface area contributed by atoms with Crippen LogP contribution in [-0.4, -0.2) is 23.1 Å². The minimum absolute atomic E-state index is 0.122. The second kappa shape index (κ2) is 7.34. The number of aromatic nitrogens is 1. The zero-order chi connectivity index (χ0) is 16.9. The summed E-state index contributed by atoms with van der Waals surface area (Å²) in [4.78, 5) is 16.5. The molecule has 1 aromatic heterocycles. The van der Waals surface area contributed by atoms with E-state index in [1.54, 1.807) is 18.3 Å². The summed E-state index contributed by atoms with van der Waals surface area (Å²) in [6.07, 6.45) is 5.27. The number of nitrogens with one attached hydrogen (secondary N) is 1. The Morgan fingerprint density at radius 3 is 2.58 bits per heavy atom. The Kier molecular flexibility index (Phi) is 4.99. The van der Waals surface area contributed by atoms with Gasteiger partial charge in [0.1, 0.15) is 11.9 Å². The van der Waals surface area contributed by atoms with E-state index in [1.807, 2.05) is 38.1 Å². The summed E-state index contributed by atoms with van der Waals surface area (Å²) in [6.45, 7) is 3.95. The molecule has 126 valence electrons. The highest BCUT2D eigenvalue weighted by Crippen LogP contribution is 2.24. The maximum absolute atomic E-state index is 12.4. The lowest BCUT2D eigenvalue weighted by molar-refractivity contribution is 0.101. The molecule has 0 radical (unpaired) electrons. The van der Waals surface area contributed by atoms with Crippen LogP contribution in [0.2, 0.25) is 0 Å². The van der Waals surface area contributed by atoms with Crippen LogP contribution >= 0.6 is 0 Å². The van der Waals surface area contributed by atoms with Crippen molar-refractivity contribution < 1.29 is 14.3 Å². The van der Waals surface area contributed by atoms with E-state index in [0.29, 0.717) is 11.4 Å². The first-order valence-electron chi connectivity index (χ1n) is 8.31. The molecule has 1 N–H and O–H groups in total. The molecule has 1 amide bonds. The maximum atomic E-state index is 12.4. The van der Waals surface area contributed by atoms with E-state index in [2.05, 4.69) is 10.3 Å². The summed E-state index contributed by atoms with van der Waals surface area (Å²) >= 11 is 0. The summed E-state index contributed by atoms with van der Waals surface area (Å²) in [5.41, 5.74) is 1.25. The van der Waals surface area contributed by atoms with Crippen LogP contribution in [0.1, 0.15) is 43.5 Å². The lowest BCUT2D eigenvalue weighted by Crippen LogP contribution is -2.25. The molecule has 0 unspecified atom stereocenters. The number of anilines is 1. The molecule has 1 heterocycles. The molecule has 0 aliphatic heterocycles. The van der Waals surface area contributed by atoms with Gasteiger partial charge in [0.2, 0.25) is 5.88 Å². The largest absolute Gasteiger partial charge is 0.491 e. The third-order valence-corrected chi connectivity index (χ3v) is 3.82. The van der Waals surface area contributed by atoms with Crippen LogP contribution in [0.15, 0.2) is 42.6 Å². The van der Waals surface area contributed by atoms with Crippen molar-refractivity contribution in [3.63, 3.8) is 0 Å². The predicted octanol–water partition coefficient (Wildman–Crippen LogP) is 4.05. The Bertz CT molecular complexity index is 694. The molecule has 0 atom stereocenters. The van der Waals surface area contributed by atoms with Crippen LogP contribution in [0.25, 0.3) is 0 Å². The van der Waals surface area contributed by atoms with Crippen LogP contribution in [0.3, 0.4) is 0 Å². The van der Waals surface area contributed by atoms with Crippen molar-refractivity contribution in [3.05, 3.63) is 48.2 Å². The first-order valence-corrected chi connectivity index (χ1v) is 8.31. The van der Waals surface area contributed by atoms with E-state index < -0.39 is 0 Å². The summed E-state index contributed by atoms with van der Waals surface area (Å²) in [6, 6.07) is 10.7. The van der Waals surface area contributed by atoms with Crippen LogP contribution in [0.4, 0.5) is 5.69 Å². The third-order valence-electron chi connectivity index (χ3n) is 3.82. The number of carbonyl (C=O) groups excluding carboxylic acids is 1. The number of hydrogen-bond donors (Lipinski definition) is 1.